The average molecular weight is 270 g/mol. The molecular formula is C16H18N2O2. The minimum atomic E-state index is -0.0851. The molecule has 4 heteroatoms. The Morgan fingerprint density at radius 1 is 1.15 bits per heavy atom. The molecule has 0 aliphatic heterocycles. The molecule has 0 saturated carbocycles. The van der Waals surface area contributed by atoms with E-state index in [9.17, 15) is 4.79 Å². The van der Waals surface area contributed by atoms with Crippen LogP contribution in [0.3, 0.4) is 0 Å². The molecule has 2 N–H and O–H groups in total. The van der Waals surface area contributed by atoms with Crippen molar-refractivity contribution in [2.75, 3.05) is 19.1 Å². The molecule has 0 radical (unpaired) electrons. The minimum Gasteiger partial charge on any atom is -0.495 e. The highest BCUT2D eigenvalue weighted by molar-refractivity contribution is 6.06. The maximum absolute atomic E-state index is 12.5. The number of para-hydroxylation sites is 2. The van der Waals surface area contributed by atoms with E-state index in [1.54, 1.807) is 31.2 Å². The minimum absolute atomic E-state index is 0.0851. The van der Waals surface area contributed by atoms with Gasteiger partial charge in [0.15, 0.2) is 0 Å². The normalized spacial score (nSPS) is 10.2. The van der Waals surface area contributed by atoms with Gasteiger partial charge in [0.05, 0.1) is 12.8 Å². The molecule has 0 fully saturated rings. The zero-order valence-electron chi connectivity index (χ0n) is 11.7. The zero-order chi connectivity index (χ0) is 14.5. The van der Waals surface area contributed by atoms with E-state index in [1.165, 1.54) is 0 Å². The molecule has 2 aromatic carbocycles. The quantitative estimate of drug-likeness (QED) is 0.928. The molecule has 4 nitrogen and oxygen atoms in total. The number of anilines is 1. The van der Waals surface area contributed by atoms with E-state index < -0.39 is 0 Å². The Morgan fingerprint density at radius 2 is 1.80 bits per heavy atom. The molecule has 0 atom stereocenters. The third kappa shape index (κ3) is 2.81. The monoisotopic (exact) mass is 270 g/mol. The lowest BCUT2D eigenvalue weighted by molar-refractivity contribution is 0.0992. The Labute approximate surface area is 118 Å². The fourth-order valence-electron chi connectivity index (χ4n) is 1.99. The molecular weight excluding hydrogens is 252 g/mol. The van der Waals surface area contributed by atoms with E-state index >= 15 is 0 Å². The summed E-state index contributed by atoms with van der Waals surface area (Å²) in [4.78, 5) is 14.0. The van der Waals surface area contributed by atoms with E-state index in [-0.39, 0.29) is 5.91 Å². The second-order valence-electron chi connectivity index (χ2n) is 4.44. The molecule has 0 aromatic heterocycles. The number of ether oxygens (including phenoxy) is 1. The van der Waals surface area contributed by atoms with Gasteiger partial charge in [-0.1, -0.05) is 24.3 Å². The van der Waals surface area contributed by atoms with Gasteiger partial charge in [-0.3, -0.25) is 4.79 Å². The van der Waals surface area contributed by atoms with E-state index in [1.807, 2.05) is 36.4 Å². The fraction of sp³-hybridized carbons (Fsp3) is 0.188. The van der Waals surface area contributed by atoms with Gasteiger partial charge in [-0.2, -0.15) is 0 Å². The van der Waals surface area contributed by atoms with Crippen molar-refractivity contribution < 1.29 is 9.53 Å². The highest BCUT2D eigenvalue weighted by Crippen LogP contribution is 2.27. The van der Waals surface area contributed by atoms with Crippen LogP contribution in [0.25, 0.3) is 0 Å². The van der Waals surface area contributed by atoms with Crippen LogP contribution < -0.4 is 15.4 Å². The number of nitrogens with zero attached hydrogens (tertiary/aromatic N) is 1. The molecule has 0 heterocycles. The number of hydrogen-bond acceptors (Lipinski definition) is 3. The van der Waals surface area contributed by atoms with E-state index in [4.69, 9.17) is 10.5 Å². The first-order valence-corrected chi connectivity index (χ1v) is 6.37. The maximum Gasteiger partial charge on any atom is 0.258 e. The Kier molecular flexibility index (Phi) is 4.38. The van der Waals surface area contributed by atoms with E-state index in [0.29, 0.717) is 17.9 Å². The summed E-state index contributed by atoms with van der Waals surface area (Å²) in [6.07, 6.45) is 0. The third-order valence-corrected chi connectivity index (χ3v) is 3.19. The summed E-state index contributed by atoms with van der Waals surface area (Å²) in [6, 6.07) is 14.7. The topological polar surface area (TPSA) is 55.6 Å². The molecule has 20 heavy (non-hydrogen) atoms. The number of methoxy groups -OCH3 is 1. The molecule has 2 rings (SSSR count). The van der Waals surface area contributed by atoms with Gasteiger partial charge in [0.25, 0.3) is 5.91 Å². The van der Waals surface area contributed by atoms with Crippen LogP contribution in [0.5, 0.6) is 5.75 Å². The summed E-state index contributed by atoms with van der Waals surface area (Å²) in [5.74, 6) is 0.583. The number of benzene rings is 2. The smallest absolute Gasteiger partial charge is 0.258 e. The van der Waals surface area contributed by atoms with Crippen LogP contribution in [-0.4, -0.2) is 20.1 Å². The Hall–Kier alpha value is -2.33. The Balaban J connectivity index is 2.27. The van der Waals surface area contributed by atoms with Gasteiger partial charge in [0.2, 0.25) is 0 Å². The summed E-state index contributed by atoms with van der Waals surface area (Å²) in [5, 5.41) is 0. The first kappa shape index (κ1) is 14.1. The Bertz CT molecular complexity index is 594. The van der Waals surface area contributed by atoms with Crippen molar-refractivity contribution in [1.29, 1.82) is 0 Å². The van der Waals surface area contributed by atoms with Crippen molar-refractivity contribution in [3.05, 3.63) is 59.7 Å². The lowest BCUT2D eigenvalue weighted by Crippen LogP contribution is -2.26. The van der Waals surface area contributed by atoms with Gasteiger partial charge < -0.3 is 15.4 Å². The number of rotatable bonds is 4. The number of nitrogens with two attached hydrogens (primary N) is 1. The fourth-order valence-corrected chi connectivity index (χ4v) is 1.99. The van der Waals surface area contributed by atoms with Gasteiger partial charge in [-0.15, -0.1) is 0 Å². The van der Waals surface area contributed by atoms with Crippen LogP contribution in [0.1, 0.15) is 15.9 Å². The molecule has 104 valence electrons. The second kappa shape index (κ2) is 6.21. The summed E-state index contributed by atoms with van der Waals surface area (Å²) < 4.78 is 5.28. The molecule has 0 aliphatic rings. The number of amides is 1. The van der Waals surface area contributed by atoms with Gasteiger partial charge in [0, 0.05) is 19.2 Å². The molecule has 0 aliphatic carbocycles. The van der Waals surface area contributed by atoms with Crippen molar-refractivity contribution in [2.24, 2.45) is 5.73 Å². The summed E-state index contributed by atoms with van der Waals surface area (Å²) in [7, 11) is 3.32. The van der Waals surface area contributed by atoms with Crippen LogP contribution in [0.2, 0.25) is 0 Å². The van der Waals surface area contributed by atoms with Crippen LogP contribution in [-0.2, 0) is 6.54 Å². The molecule has 0 unspecified atom stereocenters. The lowest BCUT2D eigenvalue weighted by atomic mass is 10.1. The highest BCUT2D eigenvalue weighted by atomic mass is 16.5. The summed E-state index contributed by atoms with van der Waals surface area (Å²) >= 11 is 0. The molecule has 1 amide bonds. The first-order valence-electron chi connectivity index (χ1n) is 6.37. The van der Waals surface area contributed by atoms with Gasteiger partial charge in [-0.05, 0) is 29.8 Å². The van der Waals surface area contributed by atoms with Crippen molar-refractivity contribution in [1.82, 2.24) is 0 Å². The average Bonchev–Trinajstić information content (AvgIpc) is 2.53. The largest absolute Gasteiger partial charge is 0.495 e. The zero-order valence-corrected chi connectivity index (χ0v) is 11.7. The van der Waals surface area contributed by atoms with Crippen molar-refractivity contribution in [2.45, 2.75) is 6.54 Å². The summed E-state index contributed by atoms with van der Waals surface area (Å²) in [5.41, 5.74) is 7.91. The predicted octanol–water partition coefficient (Wildman–Crippen LogP) is 2.43. The van der Waals surface area contributed by atoms with Gasteiger partial charge >= 0.3 is 0 Å². The Morgan fingerprint density at radius 3 is 2.40 bits per heavy atom. The van der Waals surface area contributed by atoms with Crippen molar-refractivity contribution >= 4 is 11.6 Å². The summed E-state index contributed by atoms with van der Waals surface area (Å²) in [6.45, 7) is 0.469. The lowest BCUT2D eigenvalue weighted by Gasteiger charge is -2.20. The van der Waals surface area contributed by atoms with Crippen molar-refractivity contribution in [3.63, 3.8) is 0 Å². The second-order valence-corrected chi connectivity index (χ2v) is 4.44. The molecule has 0 bridgehead atoms. The SMILES string of the molecule is COc1ccccc1N(C)C(=O)c1ccc(CN)cc1. The van der Waals surface area contributed by atoms with Crippen LogP contribution >= 0.6 is 0 Å². The highest BCUT2D eigenvalue weighted by Gasteiger charge is 2.16. The number of carbonyl (C=O) groups excluding carboxylic acids is 1. The van der Waals surface area contributed by atoms with Crippen molar-refractivity contribution in [3.8, 4) is 5.75 Å². The van der Waals surface area contributed by atoms with Gasteiger partial charge in [-0.25, -0.2) is 0 Å². The predicted molar refractivity (Wildman–Crippen MR) is 80.1 cm³/mol. The van der Waals surface area contributed by atoms with Crippen LogP contribution in [0.4, 0.5) is 5.69 Å². The van der Waals surface area contributed by atoms with Crippen LogP contribution in [0, 0.1) is 0 Å². The van der Waals surface area contributed by atoms with Crippen LogP contribution in [0.15, 0.2) is 48.5 Å². The molecule has 2 aromatic rings. The third-order valence-electron chi connectivity index (χ3n) is 3.19. The van der Waals surface area contributed by atoms with E-state index in [2.05, 4.69) is 0 Å². The molecule has 0 spiro atoms. The first-order chi connectivity index (χ1) is 9.67. The van der Waals surface area contributed by atoms with E-state index in [0.717, 1.165) is 11.3 Å². The number of carbonyl (C=O) groups is 1. The standard InChI is InChI=1S/C16H18N2O2/c1-18(14-5-3-4-6-15(14)20-2)16(19)13-9-7-12(11-17)8-10-13/h3-10H,11,17H2,1-2H3. The van der Waals surface area contributed by atoms with Gasteiger partial charge in [0.1, 0.15) is 5.75 Å². The molecule has 0 saturated heterocycles. The number of hydrogen-bond donors (Lipinski definition) is 1. The maximum atomic E-state index is 12.5.